The Morgan fingerprint density at radius 2 is 2.02 bits per heavy atom. The van der Waals surface area contributed by atoms with Crippen LogP contribution in [0, 0.1) is 17.5 Å². The minimum Gasteiger partial charge on any atom is -0.508 e. The normalized spacial score (nSPS) is 26.3. The zero-order valence-electron chi connectivity index (χ0n) is 23.1. The van der Waals surface area contributed by atoms with Crippen molar-refractivity contribution in [1.82, 2.24) is 25.2 Å². The number of pyridine rings is 1. The highest BCUT2D eigenvalue weighted by Gasteiger charge is 2.49. The number of phenols is 1. The molecule has 3 aliphatic heterocycles. The molecule has 7 nitrogen and oxygen atoms in total. The first-order valence-electron chi connectivity index (χ1n) is 14.4. The number of fused-ring (bicyclic) bond motifs is 3. The molecule has 3 saturated heterocycles. The minimum atomic E-state index is -1.16. The first-order valence-corrected chi connectivity index (χ1v) is 14.4. The molecule has 0 spiro atoms. The van der Waals surface area contributed by atoms with Crippen LogP contribution in [-0.2, 0) is 0 Å². The molecule has 0 amide bonds. The molecule has 1 unspecified atom stereocenters. The van der Waals surface area contributed by atoms with Crippen LogP contribution in [0.1, 0.15) is 50.6 Å². The molecule has 7 rings (SSSR count). The number of rotatable bonds is 5. The van der Waals surface area contributed by atoms with Gasteiger partial charge in [-0.05, 0) is 69.3 Å². The third-order valence-corrected chi connectivity index (χ3v) is 9.18. The summed E-state index contributed by atoms with van der Waals surface area (Å²) in [6.07, 6.45) is 4.18. The van der Waals surface area contributed by atoms with Crippen LogP contribution in [0.3, 0.4) is 0 Å². The van der Waals surface area contributed by atoms with Crippen molar-refractivity contribution in [2.75, 3.05) is 26.2 Å². The van der Waals surface area contributed by atoms with Gasteiger partial charge in [0.05, 0.1) is 11.2 Å². The van der Waals surface area contributed by atoms with E-state index in [0.29, 0.717) is 24.0 Å². The van der Waals surface area contributed by atoms with Crippen molar-refractivity contribution in [2.45, 2.75) is 62.7 Å². The van der Waals surface area contributed by atoms with Crippen LogP contribution in [0.4, 0.5) is 17.6 Å². The van der Waals surface area contributed by atoms with Crippen molar-refractivity contribution >= 4 is 21.7 Å². The van der Waals surface area contributed by atoms with Gasteiger partial charge in [-0.1, -0.05) is 6.07 Å². The molecular formula is C31H31F4N5O2. The molecule has 2 aromatic heterocycles. The number of alkyl halides is 1. The van der Waals surface area contributed by atoms with Gasteiger partial charge in [0, 0.05) is 47.5 Å². The molecule has 4 aromatic rings. The average molecular weight is 582 g/mol. The van der Waals surface area contributed by atoms with Crippen LogP contribution in [-0.4, -0.2) is 69.0 Å². The highest BCUT2D eigenvalue weighted by molar-refractivity contribution is 5.99. The van der Waals surface area contributed by atoms with Gasteiger partial charge in [-0.15, -0.1) is 0 Å². The summed E-state index contributed by atoms with van der Waals surface area (Å²) in [5.41, 5.74) is -0.269. The molecule has 3 aliphatic rings. The van der Waals surface area contributed by atoms with E-state index in [0.717, 1.165) is 50.9 Å². The number of halogens is 4. The number of nitrogens with zero attached hydrogens (tertiary/aromatic N) is 4. The van der Waals surface area contributed by atoms with E-state index < -0.39 is 29.2 Å². The standard InChI is InChI=1S/C31H31F4N5O2/c1-16-9-18(5-7-36-16)27-22-13-37-28(21-11-20(41)10-17-3-4-23(33)25(34)24(17)21)26(35)29(22)39-30(38-27)42-15-31-6-2-8-40(31)14-19(32)12-31/h3-4,10-11,13,16,18-19,36,41H,2,5-9,12,14-15H2,1H3/t16-,18?,19-,31+/m1/s1. The maximum absolute atomic E-state index is 16.5. The van der Waals surface area contributed by atoms with Crippen LogP contribution < -0.4 is 10.1 Å². The molecule has 11 heteroatoms. The van der Waals surface area contributed by atoms with E-state index in [-0.39, 0.29) is 57.9 Å². The zero-order chi connectivity index (χ0) is 29.2. The maximum Gasteiger partial charge on any atom is 0.317 e. The van der Waals surface area contributed by atoms with Crippen molar-refractivity contribution < 1.29 is 27.4 Å². The Kier molecular flexibility index (Phi) is 6.69. The Hall–Kier alpha value is -3.57. The Morgan fingerprint density at radius 1 is 1.17 bits per heavy atom. The fraction of sp³-hybridized carbons (Fsp3) is 0.452. The molecule has 0 bridgehead atoms. The average Bonchev–Trinajstić information content (AvgIpc) is 3.49. The maximum atomic E-state index is 16.5. The van der Waals surface area contributed by atoms with Crippen molar-refractivity contribution in [3.63, 3.8) is 0 Å². The summed E-state index contributed by atoms with van der Waals surface area (Å²) in [6, 6.07) is 4.92. The van der Waals surface area contributed by atoms with E-state index in [4.69, 9.17) is 9.72 Å². The second-order valence-corrected chi connectivity index (χ2v) is 12.0. The molecule has 0 saturated carbocycles. The quantitative estimate of drug-likeness (QED) is 0.289. The molecule has 0 aliphatic carbocycles. The minimum absolute atomic E-state index is 0.0127. The molecule has 0 radical (unpaired) electrons. The summed E-state index contributed by atoms with van der Waals surface area (Å²) >= 11 is 0. The summed E-state index contributed by atoms with van der Waals surface area (Å²) in [4.78, 5) is 15.7. The van der Waals surface area contributed by atoms with E-state index in [1.807, 2.05) is 0 Å². The van der Waals surface area contributed by atoms with E-state index in [2.05, 4.69) is 27.1 Å². The summed E-state index contributed by atoms with van der Waals surface area (Å²) < 4.78 is 66.3. The SMILES string of the molecule is C[C@@H]1CC(c2nc(OC[C@@]34CCCN3C[C@H](F)C4)nc3c(F)c(-c4cc(O)cc5ccc(F)c(F)c45)ncc23)CCN1. The first-order chi connectivity index (χ1) is 20.2. The second-order valence-electron chi connectivity index (χ2n) is 12.0. The lowest BCUT2D eigenvalue weighted by Gasteiger charge is -2.31. The Labute approximate surface area is 239 Å². The number of phenolic OH excluding ortho intramolecular Hbond substituents is 1. The molecule has 4 atom stereocenters. The molecule has 2 N–H and O–H groups in total. The lowest BCUT2D eigenvalue weighted by molar-refractivity contribution is 0.107. The van der Waals surface area contributed by atoms with Gasteiger partial charge < -0.3 is 15.2 Å². The van der Waals surface area contributed by atoms with Gasteiger partial charge in [0.1, 0.15) is 29.7 Å². The fourth-order valence-corrected chi connectivity index (χ4v) is 7.22. The van der Waals surface area contributed by atoms with Crippen molar-refractivity contribution in [2.24, 2.45) is 0 Å². The second kappa shape index (κ2) is 10.3. The predicted molar refractivity (Wildman–Crippen MR) is 150 cm³/mol. The van der Waals surface area contributed by atoms with Gasteiger partial charge in [0.2, 0.25) is 0 Å². The molecule has 3 fully saturated rings. The van der Waals surface area contributed by atoms with Crippen LogP contribution >= 0.6 is 0 Å². The smallest absolute Gasteiger partial charge is 0.317 e. The molecular weight excluding hydrogens is 550 g/mol. The monoisotopic (exact) mass is 581 g/mol. The Balaban J connectivity index is 1.37. The van der Waals surface area contributed by atoms with Crippen LogP contribution in [0.25, 0.3) is 32.9 Å². The molecule has 42 heavy (non-hydrogen) atoms. The van der Waals surface area contributed by atoms with Gasteiger partial charge in [-0.2, -0.15) is 9.97 Å². The molecule has 220 valence electrons. The summed E-state index contributed by atoms with van der Waals surface area (Å²) in [5, 5.41) is 14.2. The van der Waals surface area contributed by atoms with Gasteiger partial charge in [-0.25, -0.2) is 17.6 Å². The third kappa shape index (κ3) is 4.53. The summed E-state index contributed by atoms with van der Waals surface area (Å²) in [5.74, 6) is -3.38. The Morgan fingerprint density at radius 3 is 2.86 bits per heavy atom. The number of hydrogen-bond donors (Lipinski definition) is 2. The highest BCUT2D eigenvalue weighted by atomic mass is 19.2. The largest absolute Gasteiger partial charge is 0.508 e. The number of hydrogen-bond acceptors (Lipinski definition) is 7. The van der Waals surface area contributed by atoms with Gasteiger partial charge in [0.25, 0.3) is 0 Å². The van der Waals surface area contributed by atoms with Crippen LogP contribution in [0.5, 0.6) is 11.8 Å². The number of aromatic nitrogens is 3. The number of aromatic hydroxyl groups is 1. The van der Waals surface area contributed by atoms with Crippen LogP contribution in [0.2, 0.25) is 0 Å². The number of nitrogens with one attached hydrogen (secondary N) is 1. The fourth-order valence-electron chi connectivity index (χ4n) is 7.22. The highest BCUT2D eigenvalue weighted by Crippen LogP contribution is 2.42. The molecule has 2 aromatic carbocycles. The van der Waals surface area contributed by atoms with Crippen LogP contribution in [0.15, 0.2) is 30.5 Å². The van der Waals surface area contributed by atoms with E-state index >= 15 is 8.78 Å². The van der Waals surface area contributed by atoms with Gasteiger partial charge in [-0.3, -0.25) is 9.88 Å². The predicted octanol–water partition coefficient (Wildman–Crippen LogP) is 5.78. The Bertz CT molecular complexity index is 1700. The summed E-state index contributed by atoms with van der Waals surface area (Å²) in [7, 11) is 0. The zero-order valence-corrected chi connectivity index (χ0v) is 23.1. The number of piperidine rings is 1. The van der Waals surface area contributed by atoms with E-state index in [1.54, 1.807) is 0 Å². The lowest BCUT2D eigenvalue weighted by atomic mass is 9.88. The first kappa shape index (κ1) is 27.3. The number of benzene rings is 2. The summed E-state index contributed by atoms with van der Waals surface area (Å²) in [6.45, 7) is 4.20. The number of ether oxygens (including phenoxy) is 1. The topological polar surface area (TPSA) is 83.4 Å². The molecule has 5 heterocycles. The van der Waals surface area contributed by atoms with Gasteiger partial charge >= 0.3 is 6.01 Å². The van der Waals surface area contributed by atoms with Gasteiger partial charge in [0.15, 0.2) is 17.5 Å². The van der Waals surface area contributed by atoms with Crippen molar-refractivity contribution in [3.05, 3.63) is 53.6 Å². The lowest BCUT2D eigenvalue weighted by Crippen LogP contribution is -2.43. The van der Waals surface area contributed by atoms with E-state index in [9.17, 15) is 13.9 Å². The van der Waals surface area contributed by atoms with Crippen molar-refractivity contribution in [1.29, 1.82) is 0 Å². The third-order valence-electron chi connectivity index (χ3n) is 9.18. The van der Waals surface area contributed by atoms with Crippen molar-refractivity contribution in [3.8, 4) is 23.0 Å². The van der Waals surface area contributed by atoms with E-state index in [1.165, 1.54) is 18.3 Å².